The smallest absolute Gasteiger partial charge is 0.237 e. The number of nitriles is 1. The van der Waals surface area contributed by atoms with Crippen molar-refractivity contribution in [2.24, 2.45) is 5.73 Å². The summed E-state index contributed by atoms with van der Waals surface area (Å²) in [5, 5.41) is 11.2. The minimum atomic E-state index is -0.451. The Morgan fingerprint density at radius 2 is 2.15 bits per heavy atom. The van der Waals surface area contributed by atoms with E-state index in [4.69, 9.17) is 11.0 Å². The SMILES string of the molecule is CCC(CC#N)NC(=O)[C@H](N)CC. The summed E-state index contributed by atoms with van der Waals surface area (Å²) in [6.45, 7) is 3.79. The summed E-state index contributed by atoms with van der Waals surface area (Å²) >= 11 is 0. The number of nitrogens with zero attached hydrogens (tertiary/aromatic N) is 1. The molecule has 74 valence electrons. The Hall–Kier alpha value is -1.08. The van der Waals surface area contributed by atoms with Crippen molar-refractivity contribution < 1.29 is 4.79 Å². The predicted octanol–water partition coefficient (Wildman–Crippen LogP) is 0.532. The summed E-state index contributed by atoms with van der Waals surface area (Å²) in [5.74, 6) is -0.162. The van der Waals surface area contributed by atoms with Gasteiger partial charge in [-0.1, -0.05) is 13.8 Å². The van der Waals surface area contributed by atoms with Crippen LogP contribution in [0.15, 0.2) is 0 Å². The van der Waals surface area contributed by atoms with Crippen LogP contribution in [0.4, 0.5) is 0 Å². The van der Waals surface area contributed by atoms with E-state index in [1.54, 1.807) is 0 Å². The number of amides is 1. The van der Waals surface area contributed by atoms with E-state index < -0.39 is 6.04 Å². The van der Waals surface area contributed by atoms with Gasteiger partial charge in [0.1, 0.15) is 0 Å². The van der Waals surface area contributed by atoms with Crippen LogP contribution in [-0.2, 0) is 4.79 Å². The van der Waals surface area contributed by atoms with Crippen LogP contribution in [0.5, 0.6) is 0 Å². The Bertz CT molecular complexity index is 198. The van der Waals surface area contributed by atoms with Gasteiger partial charge in [0.15, 0.2) is 0 Å². The number of nitrogens with two attached hydrogens (primary N) is 1. The molecule has 0 aliphatic carbocycles. The van der Waals surface area contributed by atoms with Crippen molar-refractivity contribution in [3.05, 3.63) is 0 Å². The fraction of sp³-hybridized carbons (Fsp3) is 0.778. The van der Waals surface area contributed by atoms with Gasteiger partial charge >= 0.3 is 0 Å². The van der Waals surface area contributed by atoms with Crippen molar-refractivity contribution in [1.29, 1.82) is 5.26 Å². The highest BCUT2D eigenvalue weighted by Gasteiger charge is 2.14. The van der Waals surface area contributed by atoms with Gasteiger partial charge in [-0.3, -0.25) is 4.79 Å². The lowest BCUT2D eigenvalue weighted by Crippen LogP contribution is -2.44. The fourth-order valence-corrected chi connectivity index (χ4v) is 0.901. The van der Waals surface area contributed by atoms with Gasteiger partial charge in [0.2, 0.25) is 5.91 Å². The maximum absolute atomic E-state index is 11.3. The van der Waals surface area contributed by atoms with Gasteiger partial charge in [0.25, 0.3) is 0 Å². The number of nitrogens with one attached hydrogen (secondary N) is 1. The van der Waals surface area contributed by atoms with Crippen molar-refractivity contribution in [3.63, 3.8) is 0 Å². The molecule has 0 aliphatic rings. The van der Waals surface area contributed by atoms with Gasteiger partial charge in [-0.15, -0.1) is 0 Å². The molecular formula is C9H17N3O. The molecule has 3 N–H and O–H groups in total. The maximum atomic E-state index is 11.3. The van der Waals surface area contributed by atoms with Crippen LogP contribution in [0.2, 0.25) is 0 Å². The van der Waals surface area contributed by atoms with Crippen molar-refractivity contribution in [2.45, 2.75) is 45.2 Å². The molecule has 0 rings (SSSR count). The van der Waals surface area contributed by atoms with Crippen LogP contribution in [0.1, 0.15) is 33.1 Å². The Morgan fingerprint density at radius 3 is 2.54 bits per heavy atom. The second-order valence-corrected chi connectivity index (χ2v) is 2.99. The zero-order valence-electron chi connectivity index (χ0n) is 8.21. The fourth-order valence-electron chi connectivity index (χ4n) is 0.901. The minimum Gasteiger partial charge on any atom is -0.351 e. The number of carbonyl (C=O) groups is 1. The largest absolute Gasteiger partial charge is 0.351 e. The minimum absolute atomic E-state index is 0.0601. The molecule has 0 spiro atoms. The van der Waals surface area contributed by atoms with Crippen LogP contribution < -0.4 is 11.1 Å². The first kappa shape index (κ1) is 11.9. The standard InChI is InChI=1S/C9H17N3O/c1-3-7(5-6-10)12-9(13)8(11)4-2/h7-8H,3-5,11H2,1-2H3,(H,12,13)/t7?,8-/m1/s1. The Balaban J connectivity index is 3.94. The van der Waals surface area contributed by atoms with E-state index in [0.717, 1.165) is 6.42 Å². The predicted molar refractivity (Wildman–Crippen MR) is 50.7 cm³/mol. The van der Waals surface area contributed by atoms with Crippen LogP contribution in [-0.4, -0.2) is 18.0 Å². The summed E-state index contributed by atoms with van der Waals surface area (Å²) in [4.78, 5) is 11.3. The van der Waals surface area contributed by atoms with Crippen LogP contribution in [0, 0.1) is 11.3 Å². The molecule has 0 radical (unpaired) electrons. The second-order valence-electron chi connectivity index (χ2n) is 2.99. The average molecular weight is 183 g/mol. The molecule has 0 aromatic carbocycles. The van der Waals surface area contributed by atoms with E-state index in [9.17, 15) is 4.79 Å². The van der Waals surface area contributed by atoms with E-state index >= 15 is 0 Å². The number of hydrogen-bond acceptors (Lipinski definition) is 3. The lowest BCUT2D eigenvalue weighted by atomic mass is 10.1. The van der Waals surface area contributed by atoms with Crippen molar-refractivity contribution in [2.75, 3.05) is 0 Å². The topological polar surface area (TPSA) is 78.9 Å². The third-order valence-corrected chi connectivity index (χ3v) is 1.95. The number of hydrogen-bond donors (Lipinski definition) is 2. The molecule has 4 heteroatoms. The van der Waals surface area contributed by atoms with Gasteiger partial charge < -0.3 is 11.1 Å². The normalized spacial score (nSPS) is 14.3. The van der Waals surface area contributed by atoms with Gasteiger partial charge in [-0.05, 0) is 12.8 Å². The molecule has 0 aromatic heterocycles. The highest BCUT2D eigenvalue weighted by Crippen LogP contribution is 1.97. The average Bonchev–Trinajstić information content (AvgIpc) is 2.15. The first-order valence-electron chi connectivity index (χ1n) is 4.58. The van der Waals surface area contributed by atoms with E-state index in [0.29, 0.717) is 12.8 Å². The summed E-state index contributed by atoms with van der Waals surface area (Å²) in [6.07, 6.45) is 1.73. The molecule has 0 aliphatic heterocycles. The van der Waals surface area contributed by atoms with Crippen molar-refractivity contribution >= 4 is 5.91 Å². The maximum Gasteiger partial charge on any atom is 0.237 e. The van der Waals surface area contributed by atoms with E-state index in [1.165, 1.54) is 0 Å². The highest BCUT2D eigenvalue weighted by atomic mass is 16.2. The molecule has 0 saturated heterocycles. The molecule has 13 heavy (non-hydrogen) atoms. The van der Waals surface area contributed by atoms with Gasteiger partial charge in [0.05, 0.1) is 18.5 Å². The van der Waals surface area contributed by atoms with Crippen LogP contribution >= 0.6 is 0 Å². The first-order valence-corrected chi connectivity index (χ1v) is 4.58. The summed E-state index contributed by atoms with van der Waals surface area (Å²) < 4.78 is 0. The summed E-state index contributed by atoms with van der Waals surface area (Å²) in [5.41, 5.74) is 5.52. The molecular weight excluding hydrogens is 166 g/mol. The summed E-state index contributed by atoms with van der Waals surface area (Å²) in [6, 6.07) is 1.51. The Morgan fingerprint density at radius 1 is 1.54 bits per heavy atom. The molecule has 0 aromatic rings. The Kier molecular flexibility index (Phi) is 5.90. The molecule has 1 unspecified atom stereocenters. The van der Waals surface area contributed by atoms with Crippen molar-refractivity contribution in [3.8, 4) is 6.07 Å². The van der Waals surface area contributed by atoms with Gasteiger partial charge in [-0.25, -0.2) is 0 Å². The quantitative estimate of drug-likeness (QED) is 0.652. The monoisotopic (exact) mass is 183 g/mol. The lowest BCUT2D eigenvalue weighted by Gasteiger charge is -2.16. The van der Waals surface area contributed by atoms with Gasteiger partial charge in [0, 0.05) is 6.04 Å². The third-order valence-electron chi connectivity index (χ3n) is 1.95. The molecule has 0 bridgehead atoms. The second kappa shape index (κ2) is 6.44. The Labute approximate surface area is 79.1 Å². The zero-order chi connectivity index (χ0) is 10.3. The first-order chi connectivity index (χ1) is 6.15. The van der Waals surface area contributed by atoms with E-state index in [2.05, 4.69) is 5.32 Å². The lowest BCUT2D eigenvalue weighted by molar-refractivity contribution is -0.123. The zero-order valence-corrected chi connectivity index (χ0v) is 8.21. The number of carbonyl (C=O) groups excluding carboxylic acids is 1. The van der Waals surface area contributed by atoms with E-state index in [-0.39, 0.29) is 11.9 Å². The third kappa shape index (κ3) is 4.48. The van der Waals surface area contributed by atoms with Crippen LogP contribution in [0.25, 0.3) is 0 Å². The van der Waals surface area contributed by atoms with Crippen molar-refractivity contribution in [1.82, 2.24) is 5.32 Å². The molecule has 0 saturated carbocycles. The molecule has 0 fully saturated rings. The molecule has 1 amide bonds. The summed E-state index contributed by atoms with van der Waals surface area (Å²) in [7, 11) is 0. The highest BCUT2D eigenvalue weighted by molar-refractivity contribution is 5.81. The van der Waals surface area contributed by atoms with Crippen LogP contribution in [0.3, 0.4) is 0 Å². The molecule has 0 heterocycles. The molecule has 2 atom stereocenters. The number of rotatable bonds is 5. The van der Waals surface area contributed by atoms with E-state index in [1.807, 2.05) is 19.9 Å². The van der Waals surface area contributed by atoms with Gasteiger partial charge in [-0.2, -0.15) is 5.26 Å². The molecule has 4 nitrogen and oxygen atoms in total.